The van der Waals surface area contributed by atoms with Crippen molar-refractivity contribution in [3.8, 4) is 0 Å². The van der Waals surface area contributed by atoms with Gasteiger partial charge in [0.15, 0.2) is 0 Å². The molecule has 122 valence electrons. The van der Waals surface area contributed by atoms with E-state index in [2.05, 4.69) is 0 Å². The molecule has 0 aliphatic heterocycles. The lowest BCUT2D eigenvalue weighted by Crippen LogP contribution is -2.37. The van der Waals surface area contributed by atoms with E-state index in [4.69, 9.17) is 5.11 Å². The molecule has 1 aromatic rings. The number of likely N-dealkylation sites (N-methyl/N-ethyl adjacent to an activating group) is 1. The normalized spacial score (nSPS) is 12.8. The van der Waals surface area contributed by atoms with Crippen molar-refractivity contribution in [1.29, 1.82) is 0 Å². The highest BCUT2D eigenvalue weighted by Gasteiger charge is 2.30. The van der Waals surface area contributed by atoms with Crippen LogP contribution < -0.4 is 0 Å². The number of rotatable bonds is 6. The third-order valence-corrected chi connectivity index (χ3v) is 3.35. The van der Waals surface area contributed by atoms with Crippen molar-refractivity contribution in [2.75, 3.05) is 13.6 Å². The predicted octanol–water partition coefficient (Wildman–Crippen LogP) is 2.82. The van der Waals surface area contributed by atoms with Crippen LogP contribution in [0.5, 0.6) is 0 Å². The van der Waals surface area contributed by atoms with E-state index >= 15 is 0 Å². The Morgan fingerprint density at radius 3 is 2.18 bits per heavy atom. The van der Waals surface area contributed by atoms with Crippen LogP contribution in [0.3, 0.4) is 0 Å². The van der Waals surface area contributed by atoms with Crippen molar-refractivity contribution in [2.45, 2.75) is 25.9 Å². The van der Waals surface area contributed by atoms with E-state index in [1.54, 1.807) is 6.92 Å². The van der Waals surface area contributed by atoms with Crippen molar-refractivity contribution < 1.29 is 27.9 Å². The summed E-state index contributed by atoms with van der Waals surface area (Å²) in [6.45, 7) is 1.38. The molecule has 22 heavy (non-hydrogen) atoms. The number of carboxylic acid groups (broad SMARTS) is 1. The molecule has 1 rings (SSSR count). The number of carbonyl (C=O) groups excluding carboxylic acids is 1. The Morgan fingerprint density at radius 1 is 1.23 bits per heavy atom. The lowest BCUT2D eigenvalue weighted by atomic mass is 9.95. The molecule has 0 saturated carbocycles. The van der Waals surface area contributed by atoms with Crippen molar-refractivity contribution in [3.05, 3.63) is 35.4 Å². The molecule has 4 nitrogen and oxygen atoms in total. The Kier molecular flexibility index (Phi) is 5.96. The van der Waals surface area contributed by atoms with Crippen LogP contribution in [0.25, 0.3) is 0 Å². The number of halogens is 3. The van der Waals surface area contributed by atoms with Gasteiger partial charge in [-0.2, -0.15) is 13.2 Å². The summed E-state index contributed by atoms with van der Waals surface area (Å²) < 4.78 is 37.5. The maximum Gasteiger partial charge on any atom is 0.416 e. The molecule has 0 aromatic heterocycles. The van der Waals surface area contributed by atoms with Crippen LogP contribution in [-0.2, 0) is 22.2 Å². The summed E-state index contributed by atoms with van der Waals surface area (Å²) in [7, 11) is 1.39. The van der Waals surface area contributed by atoms with Gasteiger partial charge in [0, 0.05) is 13.0 Å². The number of aliphatic carboxylic acids is 1. The molecule has 0 radical (unpaired) electrons. The number of carboxylic acids is 1. The standard InChI is InChI=1S/C15H18F3NO3/c1-3-11(14(22)19(2)9-13(20)21)8-10-4-6-12(7-5-10)15(16,17)18/h4-7,11H,3,8-9H2,1-2H3,(H,20,21). The molecule has 0 bridgehead atoms. The fourth-order valence-electron chi connectivity index (χ4n) is 2.11. The molecule has 1 aromatic carbocycles. The molecule has 1 unspecified atom stereocenters. The second-order valence-corrected chi connectivity index (χ2v) is 5.09. The van der Waals surface area contributed by atoms with E-state index in [1.807, 2.05) is 0 Å². The Labute approximate surface area is 126 Å². The lowest BCUT2D eigenvalue weighted by Gasteiger charge is -2.21. The minimum atomic E-state index is -4.39. The first-order chi connectivity index (χ1) is 10.1. The molecular weight excluding hydrogens is 299 g/mol. The number of carbonyl (C=O) groups is 2. The topological polar surface area (TPSA) is 57.6 Å². The Balaban J connectivity index is 2.77. The van der Waals surface area contributed by atoms with Crippen LogP contribution in [0.1, 0.15) is 24.5 Å². The number of amides is 1. The summed E-state index contributed by atoms with van der Waals surface area (Å²) in [4.78, 5) is 23.8. The molecule has 0 spiro atoms. The van der Waals surface area contributed by atoms with Gasteiger partial charge < -0.3 is 10.0 Å². The molecule has 7 heteroatoms. The highest BCUT2D eigenvalue weighted by atomic mass is 19.4. The smallest absolute Gasteiger partial charge is 0.416 e. The van der Waals surface area contributed by atoms with E-state index in [1.165, 1.54) is 19.2 Å². The van der Waals surface area contributed by atoms with Gasteiger partial charge in [0.2, 0.25) is 5.91 Å². The van der Waals surface area contributed by atoms with Gasteiger partial charge >= 0.3 is 12.1 Å². The molecule has 0 heterocycles. The van der Waals surface area contributed by atoms with E-state index in [0.717, 1.165) is 17.0 Å². The zero-order chi connectivity index (χ0) is 16.9. The molecule has 1 N–H and O–H groups in total. The highest BCUT2D eigenvalue weighted by molar-refractivity contribution is 5.83. The fraction of sp³-hybridized carbons (Fsp3) is 0.467. The van der Waals surface area contributed by atoms with Crippen LogP contribution in [-0.4, -0.2) is 35.5 Å². The van der Waals surface area contributed by atoms with Gasteiger partial charge in [-0.05, 0) is 30.5 Å². The maximum absolute atomic E-state index is 12.5. The highest BCUT2D eigenvalue weighted by Crippen LogP contribution is 2.29. The first-order valence-electron chi connectivity index (χ1n) is 6.78. The minimum absolute atomic E-state index is 0.275. The average molecular weight is 317 g/mol. The molecular formula is C15H18F3NO3. The number of nitrogens with zero attached hydrogens (tertiary/aromatic N) is 1. The number of benzene rings is 1. The van der Waals surface area contributed by atoms with Gasteiger partial charge in [-0.1, -0.05) is 19.1 Å². The molecule has 0 aliphatic rings. The van der Waals surface area contributed by atoms with Crippen LogP contribution in [0.4, 0.5) is 13.2 Å². The second-order valence-electron chi connectivity index (χ2n) is 5.09. The molecule has 1 amide bonds. The molecule has 0 saturated heterocycles. The lowest BCUT2D eigenvalue weighted by molar-refractivity contribution is -0.145. The SMILES string of the molecule is CCC(Cc1ccc(C(F)(F)F)cc1)C(=O)N(C)CC(=O)O. The Bertz CT molecular complexity index is 526. The summed E-state index contributed by atoms with van der Waals surface area (Å²) in [5, 5.41) is 8.68. The number of alkyl halides is 3. The average Bonchev–Trinajstić information content (AvgIpc) is 2.42. The Hall–Kier alpha value is -2.05. The molecule has 0 aliphatic carbocycles. The fourth-order valence-corrected chi connectivity index (χ4v) is 2.11. The zero-order valence-electron chi connectivity index (χ0n) is 12.4. The maximum atomic E-state index is 12.5. The summed E-state index contributed by atoms with van der Waals surface area (Å²) in [5.74, 6) is -1.90. The first kappa shape index (κ1) is 18.0. The van der Waals surface area contributed by atoms with Gasteiger partial charge in [-0.15, -0.1) is 0 Å². The first-order valence-corrected chi connectivity index (χ1v) is 6.78. The van der Waals surface area contributed by atoms with Crippen LogP contribution in [0, 0.1) is 5.92 Å². The van der Waals surface area contributed by atoms with Crippen LogP contribution in [0.2, 0.25) is 0 Å². The summed E-state index contributed by atoms with van der Waals surface area (Å²) in [6.07, 6.45) is -3.64. The Morgan fingerprint density at radius 2 is 1.77 bits per heavy atom. The van der Waals surface area contributed by atoms with Gasteiger partial charge in [-0.25, -0.2) is 0 Å². The number of hydrogen-bond donors (Lipinski definition) is 1. The van der Waals surface area contributed by atoms with Crippen LogP contribution >= 0.6 is 0 Å². The molecule has 0 fully saturated rings. The quantitative estimate of drug-likeness (QED) is 0.878. The van der Waals surface area contributed by atoms with Crippen molar-refractivity contribution >= 4 is 11.9 Å². The van der Waals surface area contributed by atoms with Crippen LogP contribution in [0.15, 0.2) is 24.3 Å². The molecule has 1 atom stereocenters. The largest absolute Gasteiger partial charge is 0.480 e. The second kappa shape index (κ2) is 7.29. The monoisotopic (exact) mass is 317 g/mol. The van der Waals surface area contributed by atoms with Gasteiger partial charge in [0.1, 0.15) is 6.54 Å². The summed E-state index contributed by atoms with van der Waals surface area (Å²) >= 11 is 0. The predicted molar refractivity (Wildman–Crippen MR) is 74.2 cm³/mol. The van der Waals surface area contributed by atoms with Gasteiger partial charge in [0.05, 0.1) is 5.56 Å². The van der Waals surface area contributed by atoms with E-state index in [0.29, 0.717) is 12.0 Å². The van der Waals surface area contributed by atoms with Crippen molar-refractivity contribution in [3.63, 3.8) is 0 Å². The minimum Gasteiger partial charge on any atom is -0.480 e. The third-order valence-electron chi connectivity index (χ3n) is 3.35. The van der Waals surface area contributed by atoms with E-state index < -0.39 is 30.2 Å². The zero-order valence-corrected chi connectivity index (χ0v) is 12.4. The summed E-state index contributed by atoms with van der Waals surface area (Å²) in [6, 6.07) is 4.65. The van der Waals surface area contributed by atoms with Crippen molar-refractivity contribution in [1.82, 2.24) is 4.90 Å². The van der Waals surface area contributed by atoms with Gasteiger partial charge in [-0.3, -0.25) is 9.59 Å². The summed E-state index contributed by atoms with van der Waals surface area (Å²) in [5.41, 5.74) is -0.129. The number of hydrogen-bond acceptors (Lipinski definition) is 2. The van der Waals surface area contributed by atoms with Gasteiger partial charge in [0.25, 0.3) is 0 Å². The van der Waals surface area contributed by atoms with E-state index in [-0.39, 0.29) is 12.3 Å². The van der Waals surface area contributed by atoms with Crippen molar-refractivity contribution in [2.24, 2.45) is 5.92 Å². The van der Waals surface area contributed by atoms with E-state index in [9.17, 15) is 22.8 Å². The third kappa shape index (κ3) is 5.05.